The molecule has 1 heterocycles. The van der Waals surface area contributed by atoms with Crippen LogP contribution >= 0.6 is 35.1 Å². The van der Waals surface area contributed by atoms with Gasteiger partial charge in [0.15, 0.2) is 0 Å². The van der Waals surface area contributed by atoms with E-state index in [1.807, 2.05) is 10.4 Å². The Morgan fingerprint density at radius 3 is 2.76 bits per heavy atom. The van der Waals surface area contributed by atoms with Gasteiger partial charge in [0, 0.05) is 23.0 Å². The van der Waals surface area contributed by atoms with Crippen molar-refractivity contribution in [3.05, 3.63) is 28.2 Å². The number of aliphatic hydroxyl groups is 2. The van der Waals surface area contributed by atoms with Crippen LogP contribution in [0.2, 0.25) is 10.0 Å². The third kappa shape index (κ3) is 3.28. The van der Waals surface area contributed by atoms with E-state index in [9.17, 15) is 5.11 Å². The van der Waals surface area contributed by atoms with E-state index < -0.39 is 5.60 Å². The molecule has 1 aliphatic rings. The van der Waals surface area contributed by atoms with Gasteiger partial charge < -0.3 is 10.2 Å². The van der Waals surface area contributed by atoms with E-state index in [2.05, 4.69) is 0 Å². The first-order valence-corrected chi connectivity index (χ1v) is 6.76. The molecule has 0 aromatic heterocycles. The van der Waals surface area contributed by atoms with Crippen molar-refractivity contribution < 1.29 is 10.2 Å². The number of rotatable bonds is 3. The molecule has 2 N–H and O–H groups in total. The maximum atomic E-state index is 9.90. The predicted octanol–water partition coefficient (Wildman–Crippen LogP) is 2.43. The van der Waals surface area contributed by atoms with Crippen LogP contribution in [0, 0.1) is 0 Å². The van der Waals surface area contributed by atoms with Gasteiger partial charge in [-0.05, 0) is 36.6 Å². The number of hydrogen-bond donors (Lipinski definition) is 2. The fourth-order valence-electron chi connectivity index (χ4n) is 1.71. The summed E-state index contributed by atoms with van der Waals surface area (Å²) in [5.41, 5.74) is -0.980. The first kappa shape index (κ1) is 13.5. The maximum absolute atomic E-state index is 9.90. The smallest absolute Gasteiger partial charge is 0.102 e. The summed E-state index contributed by atoms with van der Waals surface area (Å²) in [6, 6.07) is 5.33. The number of benzene rings is 1. The quantitative estimate of drug-likeness (QED) is 0.840. The molecule has 6 heteroatoms. The van der Waals surface area contributed by atoms with Gasteiger partial charge in [-0.25, -0.2) is 4.31 Å². The molecular formula is C11H13Cl2NO2S. The zero-order valence-electron chi connectivity index (χ0n) is 9.07. The average Bonchev–Trinajstić information content (AvgIpc) is 2.66. The molecule has 0 radical (unpaired) electrons. The summed E-state index contributed by atoms with van der Waals surface area (Å²) in [7, 11) is 0. The highest BCUT2D eigenvalue weighted by Crippen LogP contribution is 2.35. The van der Waals surface area contributed by atoms with E-state index in [4.69, 9.17) is 28.3 Å². The molecule has 1 unspecified atom stereocenters. The molecule has 3 nitrogen and oxygen atoms in total. The van der Waals surface area contributed by atoms with Gasteiger partial charge in [-0.2, -0.15) is 0 Å². The van der Waals surface area contributed by atoms with Gasteiger partial charge in [0.1, 0.15) is 5.60 Å². The van der Waals surface area contributed by atoms with Gasteiger partial charge >= 0.3 is 0 Å². The molecule has 1 aromatic carbocycles. The first-order chi connectivity index (χ1) is 8.02. The average molecular weight is 294 g/mol. The molecule has 0 bridgehead atoms. The van der Waals surface area contributed by atoms with Crippen LogP contribution < -0.4 is 0 Å². The van der Waals surface area contributed by atoms with Gasteiger partial charge in [-0.3, -0.25) is 0 Å². The normalized spacial score (nSPS) is 25.4. The number of hydrogen-bond acceptors (Lipinski definition) is 4. The third-order valence-corrected chi connectivity index (χ3v) is 4.50. The van der Waals surface area contributed by atoms with Crippen molar-refractivity contribution in [2.24, 2.45) is 0 Å². The van der Waals surface area contributed by atoms with Crippen molar-refractivity contribution in [2.45, 2.75) is 16.9 Å². The Balaban J connectivity index is 2.03. The summed E-state index contributed by atoms with van der Waals surface area (Å²) in [4.78, 5) is 0.901. The van der Waals surface area contributed by atoms with Crippen molar-refractivity contribution in [3.63, 3.8) is 0 Å². The van der Waals surface area contributed by atoms with Gasteiger partial charge in [-0.1, -0.05) is 23.2 Å². The molecule has 2 rings (SSSR count). The second-order valence-electron chi connectivity index (χ2n) is 4.16. The molecule has 94 valence electrons. The van der Waals surface area contributed by atoms with Gasteiger partial charge in [0.2, 0.25) is 0 Å². The summed E-state index contributed by atoms with van der Waals surface area (Å²) in [5.74, 6) is 0. The summed E-state index contributed by atoms with van der Waals surface area (Å²) in [6.07, 6.45) is 0.571. The zero-order chi connectivity index (χ0) is 12.5. The summed E-state index contributed by atoms with van der Waals surface area (Å²) >= 11 is 13.4. The van der Waals surface area contributed by atoms with Crippen LogP contribution in [-0.4, -0.2) is 39.8 Å². The van der Waals surface area contributed by atoms with Crippen LogP contribution in [-0.2, 0) is 0 Å². The zero-order valence-corrected chi connectivity index (χ0v) is 11.4. The maximum Gasteiger partial charge on any atom is 0.102 e. The number of nitrogens with zero attached hydrogens (tertiary/aromatic N) is 1. The lowest BCUT2D eigenvalue weighted by molar-refractivity contribution is -0.000268. The monoisotopic (exact) mass is 293 g/mol. The van der Waals surface area contributed by atoms with Crippen molar-refractivity contribution in [1.29, 1.82) is 0 Å². The second-order valence-corrected chi connectivity index (χ2v) is 6.14. The lowest BCUT2D eigenvalue weighted by Crippen LogP contribution is -2.35. The topological polar surface area (TPSA) is 43.7 Å². The Morgan fingerprint density at radius 1 is 1.41 bits per heavy atom. The SMILES string of the molecule is OCC1(O)CCN(Sc2ccc(Cl)cc2Cl)C1. The molecule has 0 saturated carbocycles. The third-order valence-electron chi connectivity index (χ3n) is 2.71. The van der Waals surface area contributed by atoms with Crippen LogP contribution in [0.25, 0.3) is 0 Å². The van der Waals surface area contributed by atoms with E-state index in [0.29, 0.717) is 23.0 Å². The van der Waals surface area contributed by atoms with E-state index in [-0.39, 0.29) is 6.61 Å². The number of aliphatic hydroxyl groups excluding tert-OH is 1. The van der Waals surface area contributed by atoms with Crippen molar-refractivity contribution in [1.82, 2.24) is 4.31 Å². The fraction of sp³-hybridized carbons (Fsp3) is 0.455. The lowest BCUT2D eigenvalue weighted by Gasteiger charge is -2.20. The summed E-state index contributed by atoms with van der Waals surface area (Å²) < 4.78 is 1.99. The fourth-order valence-corrected chi connectivity index (χ4v) is 3.27. The summed E-state index contributed by atoms with van der Waals surface area (Å²) in [5, 5.41) is 20.2. The van der Waals surface area contributed by atoms with Crippen LogP contribution in [0.3, 0.4) is 0 Å². The molecule has 1 aromatic rings. The second kappa shape index (κ2) is 5.34. The van der Waals surface area contributed by atoms with Crippen molar-refractivity contribution >= 4 is 35.1 Å². The van der Waals surface area contributed by atoms with Gasteiger partial charge in [-0.15, -0.1) is 0 Å². The standard InChI is InChI=1S/C11H13Cl2NO2S/c12-8-1-2-10(9(13)5-8)17-14-4-3-11(16,6-14)7-15/h1-2,5,15-16H,3-4,6-7H2. The Morgan fingerprint density at radius 2 is 2.18 bits per heavy atom. The highest BCUT2D eigenvalue weighted by molar-refractivity contribution is 7.97. The van der Waals surface area contributed by atoms with Crippen LogP contribution in [0.15, 0.2) is 23.1 Å². The Labute approximate surface area is 114 Å². The van der Waals surface area contributed by atoms with E-state index in [0.717, 1.165) is 11.4 Å². The van der Waals surface area contributed by atoms with E-state index in [1.165, 1.54) is 11.9 Å². The predicted molar refractivity (Wildman–Crippen MR) is 70.5 cm³/mol. The molecule has 1 aliphatic heterocycles. The highest BCUT2D eigenvalue weighted by atomic mass is 35.5. The minimum Gasteiger partial charge on any atom is -0.393 e. The molecule has 1 saturated heterocycles. The Hall–Kier alpha value is 0.0300. The van der Waals surface area contributed by atoms with Crippen molar-refractivity contribution in [3.8, 4) is 0 Å². The minimum absolute atomic E-state index is 0.210. The summed E-state index contributed by atoms with van der Waals surface area (Å²) in [6.45, 7) is 0.951. The molecule has 0 aliphatic carbocycles. The molecule has 17 heavy (non-hydrogen) atoms. The van der Waals surface area contributed by atoms with Gasteiger partial charge in [0.25, 0.3) is 0 Å². The number of β-amino-alcohol motifs (C(OH)–C–C–N with tert-alkyl or cyclic N) is 1. The molecule has 0 spiro atoms. The Kier molecular flexibility index (Phi) is 4.23. The minimum atomic E-state index is -0.980. The van der Waals surface area contributed by atoms with Crippen LogP contribution in [0.4, 0.5) is 0 Å². The molecular weight excluding hydrogens is 281 g/mol. The van der Waals surface area contributed by atoms with Crippen molar-refractivity contribution in [2.75, 3.05) is 19.7 Å². The van der Waals surface area contributed by atoms with Crippen LogP contribution in [0.1, 0.15) is 6.42 Å². The Bertz CT molecular complexity index is 418. The first-order valence-electron chi connectivity index (χ1n) is 5.24. The highest BCUT2D eigenvalue weighted by Gasteiger charge is 2.36. The van der Waals surface area contributed by atoms with E-state index >= 15 is 0 Å². The van der Waals surface area contributed by atoms with Crippen LogP contribution in [0.5, 0.6) is 0 Å². The largest absolute Gasteiger partial charge is 0.393 e. The molecule has 0 amide bonds. The molecule has 1 fully saturated rings. The van der Waals surface area contributed by atoms with Gasteiger partial charge in [0.05, 0.1) is 11.6 Å². The lowest BCUT2D eigenvalue weighted by atomic mass is 10.1. The number of halogens is 2. The van der Waals surface area contributed by atoms with E-state index in [1.54, 1.807) is 12.1 Å². The molecule has 1 atom stereocenters.